The van der Waals surface area contributed by atoms with Gasteiger partial charge >= 0.3 is 0 Å². The molecule has 4 rings (SSSR count). The Labute approximate surface area is 131 Å². The Morgan fingerprint density at radius 1 is 1.19 bits per heavy atom. The maximum Gasteiger partial charge on any atom is 0.243 e. The summed E-state index contributed by atoms with van der Waals surface area (Å²) in [4.78, 5) is 4.54. The third kappa shape index (κ3) is 2.42. The molecule has 106 valence electrons. The molecule has 0 saturated carbocycles. The van der Waals surface area contributed by atoms with E-state index in [0.29, 0.717) is 12.0 Å². The van der Waals surface area contributed by atoms with Gasteiger partial charge in [0, 0.05) is 10.7 Å². The van der Waals surface area contributed by atoms with E-state index in [4.69, 9.17) is 0 Å². The maximum atomic E-state index is 4.54. The summed E-state index contributed by atoms with van der Waals surface area (Å²) in [5.41, 5.74) is 3.67. The molecule has 1 unspecified atom stereocenters. The van der Waals surface area contributed by atoms with Crippen LogP contribution in [0.5, 0.6) is 0 Å². The first-order valence-electron chi connectivity index (χ1n) is 7.16. The summed E-state index contributed by atoms with van der Waals surface area (Å²) in [7, 11) is 0. The molecule has 1 N–H and O–H groups in total. The van der Waals surface area contributed by atoms with Crippen molar-refractivity contribution in [3.8, 4) is 0 Å². The molecule has 0 fully saturated rings. The average molecular weight is 343 g/mol. The van der Waals surface area contributed by atoms with E-state index in [1.54, 1.807) is 4.52 Å². The molecule has 4 nitrogen and oxygen atoms in total. The highest BCUT2D eigenvalue weighted by Gasteiger charge is 2.20. The molecule has 1 atom stereocenters. The van der Waals surface area contributed by atoms with E-state index >= 15 is 0 Å². The van der Waals surface area contributed by atoms with Crippen molar-refractivity contribution in [1.82, 2.24) is 14.6 Å². The molecule has 21 heavy (non-hydrogen) atoms. The molecule has 0 amide bonds. The fraction of sp³-hybridized carbons (Fsp3) is 0.250. The Morgan fingerprint density at radius 2 is 2.10 bits per heavy atom. The van der Waals surface area contributed by atoms with Crippen LogP contribution in [0.1, 0.15) is 30.0 Å². The number of anilines is 1. The van der Waals surface area contributed by atoms with Crippen molar-refractivity contribution < 1.29 is 0 Å². The minimum atomic E-state index is 0.302. The van der Waals surface area contributed by atoms with Gasteiger partial charge in [-0.25, -0.2) is 4.52 Å². The van der Waals surface area contributed by atoms with E-state index in [2.05, 4.69) is 55.6 Å². The highest BCUT2D eigenvalue weighted by atomic mass is 79.9. The Balaban J connectivity index is 1.66. The first-order chi connectivity index (χ1) is 10.3. The van der Waals surface area contributed by atoms with Crippen LogP contribution >= 0.6 is 15.9 Å². The lowest BCUT2D eigenvalue weighted by Crippen LogP contribution is -2.17. The standard InChI is InChI=1S/C16H15BrN4/c17-12-8-9-15-19-16(20-21(15)10-12)18-14-7-3-5-11-4-1-2-6-13(11)14/h1-2,4,6,8-10,14H,3,5,7H2,(H,18,20). The fourth-order valence-corrected chi connectivity index (χ4v) is 3.30. The predicted molar refractivity (Wildman–Crippen MR) is 86.4 cm³/mol. The number of fused-ring (bicyclic) bond motifs is 2. The topological polar surface area (TPSA) is 42.2 Å². The lowest BCUT2D eigenvalue weighted by Gasteiger charge is -2.25. The summed E-state index contributed by atoms with van der Waals surface area (Å²) in [6.07, 6.45) is 5.41. The third-order valence-corrected chi connectivity index (χ3v) is 4.44. The fourth-order valence-electron chi connectivity index (χ4n) is 2.98. The highest BCUT2D eigenvalue weighted by Crippen LogP contribution is 2.31. The van der Waals surface area contributed by atoms with E-state index in [-0.39, 0.29) is 0 Å². The molecule has 0 spiro atoms. The monoisotopic (exact) mass is 342 g/mol. The zero-order valence-electron chi connectivity index (χ0n) is 11.5. The van der Waals surface area contributed by atoms with Gasteiger partial charge in [-0.05, 0) is 58.5 Å². The first-order valence-corrected chi connectivity index (χ1v) is 7.95. The number of benzene rings is 1. The summed E-state index contributed by atoms with van der Waals surface area (Å²) in [6.45, 7) is 0. The van der Waals surface area contributed by atoms with E-state index in [1.807, 2.05) is 18.3 Å². The predicted octanol–water partition coefficient (Wildman–Crippen LogP) is 3.98. The maximum absolute atomic E-state index is 4.54. The quantitative estimate of drug-likeness (QED) is 0.765. The second kappa shape index (κ2) is 5.15. The Kier molecular flexibility index (Phi) is 3.15. The number of nitrogens with one attached hydrogen (secondary N) is 1. The molecule has 2 aromatic heterocycles. The van der Waals surface area contributed by atoms with E-state index in [0.717, 1.165) is 16.5 Å². The number of aryl methyl sites for hydroxylation is 1. The molecular formula is C16H15BrN4. The molecular weight excluding hydrogens is 328 g/mol. The first kappa shape index (κ1) is 12.8. The smallest absolute Gasteiger partial charge is 0.243 e. The van der Waals surface area contributed by atoms with Gasteiger partial charge in [-0.3, -0.25) is 0 Å². The van der Waals surface area contributed by atoms with Crippen LogP contribution < -0.4 is 5.32 Å². The number of nitrogens with zero attached hydrogens (tertiary/aromatic N) is 3. The van der Waals surface area contributed by atoms with Gasteiger partial charge in [0.2, 0.25) is 5.95 Å². The SMILES string of the molecule is Brc1ccc2nc(NC3CCCc4ccccc43)nn2c1. The molecule has 1 aliphatic rings. The largest absolute Gasteiger partial charge is 0.346 e. The molecule has 5 heteroatoms. The number of halogens is 1. The normalized spacial score (nSPS) is 17.7. The lowest BCUT2D eigenvalue weighted by atomic mass is 9.88. The van der Waals surface area contributed by atoms with Gasteiger partial charge in [-0.15, -0.1) is 5.10 Å². The second-order valence-corrected chi connectivity index (χ2v) is 6.29. The number of aromatic nitrogens is 3. The van der Waals surface area contributed by atoms with Crippen molar-refractivity contribution in [3.05, 3.63) is 58.2 Å². The highest BCUT2D eigenvalue weighted by molar-refractivity contribution is 9.10. The summed E-state index contributed by atoms with van der Waals surface area (Å²) in [6, 6.07) is 12.9. The second-order valence-electron chi connectivity index (χ2n) is 5.37. The van der Waals surface area contributed by atoms with Gasteiger partial charge in [0.25, 0.3) is 0 Å². The van der Waals surface area contributed by atoms with Crippen molar-refractivity contribution in [1.29, 1.82) is 0 Å². The average Bonchev–Trinajstić information content (AvgIpc) is 2.89. The molecule has 0 radical (unpaired) electrons. The van der Waals surface area contributed by atoms with Crippen molar-refractivity contribution in [2.45, 2.75) is 25.3 Å². The molecule has 3 aromatic rings. The molecule has 2 heterocycles. The number of hydrogen-bond acceptors (Lipinski definition) is 3. The van der Waals surface area contributed by atoms with Crippen LogP contribution in [0.4, 0.5) is 5.95 Å². The number of rotatable bonds is 2. The zero-order valence-corrected chi connectivity index (χ0v) is 13.0. The molecule has 1 aliphatic carbocycles. The van der Waals surface area contributed by atoms with Crippen LogP contribution in [0.15, 0.2) is 47.1 Å². The van der Waals surface area contributed by atoms with Gasteiger partial charge in [0.15, 0.2) is 5.65 Å². The van der Waals surface area contributed by atoms with Gasteiger partial charge in [-0.2, -0.15) is 4.98 Å². The summed E-state index contributed by atoms with van der Waals surface area (Å²) in [5, 5.41) is 7.99. The number of pyridine rings is 1. The van der Waals surface area contributed by atoms with Gasteiger partial charge in [0.1, 0.15) is 0 Å². The van der Waals surface area contributed by atoms with Crippen molar-refractivity contribution in [2.75, 3.05) is 5.32 Å². The van der Waals surface area contributed by atoms with E-state index < -0.39 is 0 Å². The Bertz CT molecular complexity index is 796. The summed E-state index contributed by atoms with van der Waals surface area (Å²) < 4.78 is 2.79. The minimum absolute atomic E-state index is 0.302. The Hall–Kier alpha value is -1.88. The third-order valence-electron chi connectivity index (χ3n) is 3.97. The summed E-state index contributed by atoms with van der Waals surface area (Å²) in [5.74, 6) is 0.690. The van der Waals surface area contributed by atoms with Crippen molar-refractivity contribution in [2.24, 2.45) is 0 Å². The zero-order chi connectivity index (χ0) is 14.2. The van der Waals surface area contributed by atoms with Crippen LogP contribution in [0, 0.1) is 0 Å². The van der Waals surface area contributed by atoms with Crippen LogP contribution in [0.3, 0.4) is 0 Å². The van der Waals surface area contributed by atoms with Gasteiger partial charge in [0.05, 0.1) is 6.04 Å². The van der Waals surface area contributed by atoms with Crippen LogP contribution in [-0.2, 0) is 6.42 Å². The molecule has 0 aliphatic heterocycles. The van der Waals surface area contributed by atoms with Gasteiger partial charge in [-0.1, -0.05) is 24.3 Å². The molecule has 0 saturated heterocycles. The van der Waals surface area contributed by atoms with Crippen molar-refractivity contribution >= 4 is 27.5 Å². The summed E-state index contributed by atoms with van der Waals surface area (Å²) >= 11 is 3.45. The van der Waals surface area contributed by atoms with Crippen LogP contribution in [0.2, 0.25) is 0 Å². The molecule has 0 bridgehead atoms. The Morgan fingerprint density at radius 3 is 3.05 bits per heavy atom. The molecule has 1 aromatic carbocycles. The minimum Gasteiger partial charge on any atom is -0.346 e. The van der Waals surface area contributed by atoms with Crippen LogP contribution in [-0.4, -0.2) is 14.6 Å². The van der Waals surface area contributed by atoms with E-state index in [9.17, 15) is 0 Å². The van der Waals surface area contributed by atoms with E-state index in [1.165, 1.54) is 24.0 Å². The van der Waals surface area contributed by atoms with Crippen molar-refractivity contribution in [3.63, 3.8) is 0 Å². The number of hydrogen-bond donors (Lipinski definition) is 1. The van der Waals surface area contributed by atoms with Gasteiger partial charge < -0.3 is 5.32 Å². The van der Waals surface area contributed by atoms with Crippen LogP contribution in [0.25, 0.3) is 5.65 Å². The lowest BCUT2D eigenvalue weighted by molar-refractivity contribution is 0.596.